The molecule has 0 saturated carbocycles. The van der Waals surface area contributed by atoms with Crippen molar-refractivity contribution in [2.45, 2.75) is 39.2 Å². The van der Waals surface area contributed by atoms with E-state index >= 15 is 0 Å². The number of fused-ring (bicyclic) bond motifs is 1. The summed E-state index contributed by atoms with van der Waals surface area (Å²) < 4.78 is 29.7. The van der Waals surface area contributed by atoms with Crippen molar-refractivity contribution in [3.63, 3.8) is 0 Å². The third kappa shape index (κ3) is 4.17. The maximum atomic E-state index is 14.4. The number of Topliss-reactive ketones (excluding diaryl/α,β-unsaturated/α-hetero) is 1. The van der Waals surface area contributed by atoms with Crippen LogP contribution in [0.3, 0.4) is 0 Å². The van der Waals surface area contributed by atoms with Crippen molar-refractivity contribution in [3.05, 3.63) is 59.4 Å². The Morgan fingerprint density at radius 1 is 1.29 bits per heavy atom. The van der Waals surface area contributed by atoms with Gasteiger partial charge in [0, 0.05) is 31.3 Å². The van der Waals surface area contributed by atoms with Gasteiger partial charge in [0.1, 0.15) is 17.5 Å². The van der Waals surface area contributed by atoms with Crippen LogP contribution in [0.15, 0.2) is 36.7 Å². The Bertz CT molecular complexity index is 1100. The predicted octanol–water partition coefficient (Wildman–Crippen LogP) is 4.19. The van der Waals surface area contributed by atoms with E-state index in [1.807, 2.05) is 18.7 Å². The van der Waals surface area contributed by atoms with Crippen LogP contribution in [-0.2, 0) is 0 Å². The zero-order valence-corrected chi connectivity index (χ0v) is 17.6. The third-order valence-electron chi connectivity index (χ3n) is 6.14. The average Bonchev–Trinajstić information content (AvgIpc) is 3.40. The number of anilines is 1. The summed E-state index contributed by atoms with van der Waals surface area (Å²) in [5.74, 6) is -0.407. The Morgan fingerprint density at radius 3 is 2.84 bits per heavy atom. The molecule has 3 heterocycles. The van der Waals surface area contributed by atoms with Crippen LogP contribution in [0.25, 0.3) is 5.65 Å². The van der Waals surface area contributed by atoms with E-state index in [0.29, 0.717) is 35.6 Å². The molecule has 164 valence electrons. The minimum Gasteiger partial charge on any atom is -0.396 e. The normalized spacial score (nSPS) is 17.6. The van der Waals surface area contributed by atoms with Gasteiger partial charge < -0.3 is 10.0 Å². The number of rotatable bonds is 7. The van der Waals surface area contributed by atoms with Crippen molar-refractivity contribution >= 4 is 17.2 Å². The molecule has 8 heteroatoms. The minimum absolute atomic E-state index is 0.0596. The van der Waals surface area contributed by atoms with Gasteiger partial charge in [-0.25, -0.2) is 18.3 Å². The van der Waals surface area contributed by atoms with Crippen LogP contribution in [0.2, 0.25) is 0 Å². The van der Waals surface area contributed by atoms with Crippen LogP contribution in [0.5, 0.6) is 0 Å². The largest absolute Gasteiger partial charge is 0.396 e. The van der Waals surface area contributed by atoms with Gasteiger partial charge >= 0.3 is 0 Å². The van der Waals surface area contributed by atoms with Gasteiger partial charge in [-0.1, -0.05) is 13.8 Å². The first-order valence-electron chi connectivity index (χ1n) is 10.6. The standard InChI is InChI=1S/C23H26F2N4O2/c1-14(2)15(13-30)10-21(31)18-12-26-29-9-7-22(27-23(18)29)28-8-3-4-20(28)17-11-16(24)5-6-19(17)25/h5-7,9,11-12,14-15,20,30H,3-4,8,10,13H2,1-2H3/t15-,20-/m1/s1. The lowest BCUT2D eigenvalue weighted by Crippen LogP contribution is -2.24. The fourth-order valence-electron chi connectivity index (χ4n) is 4.21. The lowest BCUT2D eigenvalue weighted by molar-refractivity contribution is 0.0909. The fraction of sp³-hybridized carbons (Fsp3) is 0.435. The molecule has 31 heavy (non-hydrogen) atoms. The van der Waals surface area contributed by atoms with E-state index in [1.165, 1.54) is 16.8 Å². The SMILES string of the molecule is CC(C)[C@@H](CO)CC(=O)c1cnn2ccc(N3CCC[C@@H]3c3cc(F)ccc3F)nc12. The molecule has 6 nitrogen and oxygen atoms in total. The number of ketones is 1. The quantitative estimate of drug-likeness (QED) is 0.572. The molecule has 0 amide bonds. The monoisotopic (exact) mass is 428 g/mol. The van der Waals surface area contributed by atoms with Crippen molar-refractivity contribution in [3.8, 4) is 0 Å². The molecule has 0 aliphatic carbocycles. The van der Waals surface area contributed by atoms with Gasteiger partial charge in [-0.15, -0.1) is 0 Å². The van der Waals surface area contributed by atoms with E-state index in [0.717, 1.165) is 18.6 Å². The minimum atomic E-state index is -0.473. The van der Waals surface area contributed by atoms with E-state index in [-0.39, 0.29) is 36.7 Å². The number of aliphatic hydroxyl groups excluding tert-OH is 1. The molecule has 1 saturated heterocycles. The number of carbonyl (C=O) groups is 1. The van der Waals surface area contributed by atoms with Gasteiger partial charge in [-0.2, -0.15) is 5.10 Å². The number of nitrogens with zero attached hydrogens (tertiary/aromatic N) is 4. The summed E-state index contributed by atoms with van der Waals surface area (Å²) in [7, 11) is 0. The highest BCUT2D eigenvalue weighted by molar-refractivity contribution is 6.01. The Morgan fingerprint density at radius 2 is 2.10 bits per heavy atom. The smallest absolute Gasteiger partial charge is 0.168 e. The second kappa shape index (κ2) is 8.70. The number of aromatic nitrogens is 3. The van der Waals surface area contributed by atoms with Crippen molar-refractivity contribution in [1.29, 1.82) is 0 Å². The first-order valence-corrected chi connectivity index (χ1v) is 10.6. The highest BCUT2D eigenvalue weighted by Gasteiger charge is 2.30. The van der Waals surface area contributed by atoms with E-state index in [4.69, 9.17) is 0 Å². The number of benzene rings is 1. The van der Waals surface area contributed by atoms with Crippen molar-refractivity contribution in [1.82, 2.24) is 14.6 Å². The summed E-state index contributed by atoms with van der Waals surface area (Å²) in [5.41, 5.74) is 1.13. The summed E-state index contributed by atoms with van der Waals surface area (Å²) in [6, 6.07) is 4.95. The molecule has 0 radical (unpaired) electrons. The summed E-state index contributed by atoms with van der Waals surface area (Å²) in [6.45, 7) is 4.54. The summed E-state index contributed by atoms with van der Waals surface area (Å²) in [4.78, 5) is 19.5. The number of hydrogen-bond donors (Lipinski definition) is 1. The van der Waals surface area contributed by atoms with Gasteiger partial charge in [-0.05, 0) is 48.9 Å². The van der Waals surface area contributed by atoms with E-state index in [9.17, 15) is 18.7 Å². The van der Waals surface area contributed by atoms with Gasteiger partial charge in [0.25, 0.3) is 0 Å². The molecule has 1 aliphatic rings. The summed E-state index contributed by atoms with van der Waals surface area (Å²) in [6.07, 6.45) is 4.94. The van der Waals surface area contributed by atoms with E-state index in [2.05, 4.69) is 10.1 Å². The number of halogens is 2. The molecule has 1 fully saturated rings. The van der Waals surface area contributed by atoms with Gasteiger partial charge in [-0.3, -0.25) is 4.79 Å². The summed E-state index contributed by atoms with van der Waals surface area (Å²) in [5, 5.41) is 13.8. The lowest BCUT2D eigenvalue weighted by Gasteiger charge is -2.26. The van der Waals surface area contributed by atoms with Crippen molar-refractivity contribution < 1.29 is 18.7 Å². The van der Waals surface area contributed by atoms with Crippen LogP contribution >= 0.6 is 0 Å². The molecule has 0 unspecified atom stereocenters. The maximum Gasteiger partial charge on any atom is 0.168 e. The predicted molar refractivity (Wildman–Crippen MR) is 113 cm³/mol. The van der Waals surface area contributed by atoms with Crippen molar-refractivity contribution in [2.24, 2.45) is 11.8 Å². The van der Waals surface area contributed by atoms with Crippen LogP contribution in [0, 0.1) is 23.5 Å². The van der Waals surface area contributed by atoms with E-state index < -0.39 is 11.6 Å². The van der Waals surface area contributed by atoms with E-state index in [1.54, 1.807) is 12.3 Å². The van der Waals surface area contributed by atoms with Gasteiger partial charge in [0.05, 0.1) is 17.8 Å². The van der Waals surface area contributed by atoms with Gasteiger partial charge in [0.2, 0.25) is 0 Å². The molecular weight excluding hydrogens is 402 g/mol. The highest BCUT2D eigenvalue weighted by atomic mass is 19.1. The molecular formula is C23H26F2N4O2. The van der Waals surface area contributed by atoms with Crippen LogP contribution < -0.4 is 4.90 Å². The molecule has 1 N–H and O–H groups in total. The van der Waals surface area contributed by atoms with Crippen LogP contribution in [0.4, 0.5) is 14.6 Å². The molecule has 2 atom stereocenters. The molecule has 4 rings (SSSR count). The zero-order valence-electron chi connectivity index (χ0n) is 17.6. The lowest BCUT2D eigenvalue weighted by atomic mass is 9.90. The highest BCUT2D eigenvalue weighted by Crippen LogP contribution is 2.37. The fourth-order valence-corrected chi connectivity index (χ4v) is 4.21. The first kappa shape index (κ1) is 21.4. The van der Waals surface area contributed by atoms with Gasteiger partial charge in [0.15, 0.2) is 11.4 Å². The summed E-state index contributed by atoms with van der Waals surface area (Å²) >= 11 is 0. The molecule has 0 bridgehead atoms. The Kier molecular flexibility index (Phi) is 6.00. The van der Waals surface area contributed by atoms with Crippen LogP contribution in [0.1, 0.15) is 55.1 Å². The third-order valence-corrected chi connectivity index (χ3v) is 6.14. The zero-order chi connectivity index (χ0) is 22.1. The first-order chi connectivity index (χ1) is 14.9. The Labute approximate surface area is 179 Å². The Hall–Kier alpha value is -2.87. The Balaban J connectivity index is 1.67. The number of carbonyl (C=O) groups excluding carboxylic acids is 1. The van der Waals surface area contributed by atoms with Crippen molar-refractivity contribution in [2.75, 3.05) is 18.1 Å². The second-order valence-corrected chi connectivity index (χ2v) is 8.44. The molecule has 1 aromatic carbocycles. The number of hydrogen-bond acceptors (Lipinski definition) is 5. The second-order valence-electron chi connectivity index (χ2n) is 8.44. The number of aliphatic hydroxyl groups is 1. The molecule has 0 spiro atoms. The molecule has 2 aromatic heterocycles. The maximum absolute atomic E-state index is 14.4. The molecule has 3 aromatic rings. The topological polar surface area (TPSA) is 70.7 Å². The molecule has 1 aliphatic heterocycles. The average molecular weight is 428 g/mol. The van der Waals surface area contributed by atoms with Crippen LogP contribution in [-0.4, -0.2) is 38.6 Å².